The molecule has 11 heteroatoms. The number of piperidine rings is 1. The molecule has 0 amide bonds. The summed E-state index contributed by atoms with van der Waals surface area (Å²) in [5.41, 5.74) is 2.53. The molecule has 3 N–H and O–H groups in total. The Bertz CT molecular complexity index is 1200. The summed E-state index contributed by atoms with van der Waals surface area (Å²) in [4.78, 5) is 14.4. The van der Waals surface area contributed by atoms with Gasteiger partial charge in [-0.15, -0.1) is 0 Å². The predicted molar refractivity (Wildman–Crippen MR) is 154 cm³/mol. The maximum absolute atomic E-state index is 13.7. The number of aliphatic carboxylic acids is 1. The summed E-state index contributed by atoms with van der Waals surface area (Å²) in [5.74, 6) is 0.388. The number of hydrogen-bond donors (Lipinski definition) is 3. The molecular formula is C29H41N3O7S. The first-order valence-electron chi connectivity index (χ1n) is 13.8. The second-order valence-corrected chi connectivity index (χ2v) is 13.0. The Morgan fingerprint density at radius 3 is 2.38 bits per heavy atom. The van der Waals surface area contributed by atoms with E-state index in [1.165, 1.54) is 0 Å². The van der Waals surface area contributed by atoms with Crippen LogP contribution in [0.15, 0.2) is 42.5 Å². The molecule has 2 atom stereocenters. The Labute approximate surface area is 236 Å². The van der Waals surface area contributed by atoms with Crippen LogP contribution in [0.25, 0.3) is 11.1 Å². The molecule has 0 radical (unpaired) electrons. The van der Waals surface area contributed by atoms with Crippen molar-refractivity contribution < 1.29 is 32.5 Å². The summed E-state index contributed by atoms with van der Waals surface area (Å²) in [5, 5.41) is 16.4. The van der Waals surface area contributed by atoms with E-state index < -0.39 is 26.6 Å². The highest BCUT2D eigenvalue weighted by molar-refractivity contribution is 7.92. The minimum absolute atomic E-state index is 0.0436. The number of nitrogens with one attached hydrogen (secondary N) is 2. The van der Waals surface area contributed by atoms with Crippen LogP contribution < -0.4 is 20.1 Å². The Morgan fingerprint density at radius 1 is 1.12 bits per heavy atom. The number of morpholine rings is 1. The van der Waals surface area contributed by atoms with Crippen molar-refractivity contribution in [1.82, 2.24) is 15.5 Å². The quantitative estimate of drug-likeness (QED) is 0.326. The number of rotatable bonds is 13. The molecule has 2 heterocycles. The average Bonchev–Trinajstić information content (AvgIpc) is 2.99. The van der Waals surface area contributed by atoms with Gasteiger partial charge in [-0.05, 0) is 49.1 Å². The fourth-order valence-corrected chi connectivity index (χ4v) is 7.50. The molecule has 40 heavy (non-hydrogen) atoms. The highest BCUT2D eigenvalue weighted by atomic mass is 32.2. The number of ether oxygens (including phenoxy) is 3. The van der Waals surface area contributed by atoms with Crippen LogP contribution in [0.3, 0.4) is 0 Å². The number of hydrogen-bond acceptors (Lipinski definition) is 9. The maximum Gasteiger partial charge on any atom is 0.321 e. The molecule has 220 valence electrons. The van der Waals surface area contributed by atoms with Crippen LogP contribution in [0.1, 0.15) is 18.4 Å². The van der Waals surface area contributed by atoms with Gasteiger partial charge >= 0.3 is 5.97 Å². The maximum atomic E-state index is 13.7. The molecule has 0 bridgehead atoms. The van der Waals surface area contributed by atoms with Crippen LogP contribution >= 0.6 is 0 Å². The molecule has 0 saturated carbocycles. The number of methoxy groups -OCH3 is 2. The third-order valence-electron chi connectivity index (χ3n) is 7.95. The van der Waals surface area contributed by atoms with Gasteiger partial charge in [0.25, 0.3) is 0 Å². The summed E-state index contributed by atoms with van der Waals surface area (Å²) in [7, 11) is -0.303. The van der Waals surface area contributed by atoms with Crippen molar-refractivity contribution in [1.29, 1.82) is 0 Å². The van der Waals surface area contributed by atoms with Gasteiger partial charge < -0.3 is 30.0 Å². The monoisotopic (exact) mass is 575 g/mol. The van der Waals surface area contributed by atoms with Gasteiger partial charge in [0.15, 0.2) is 9.84 Å². The first kappa shape index (κ1) is 30.3. The zero-order chi connectivity index (χ0) is 28.6. The molecule has 1 unspecified atom stereocenters. The third kappa shape index (κ3) is 7.13. The van der Waals surface area contributed by atoms with Crippen LogP contribution in [0.4, 0.5) is 0 Å². The summed E-state index contributed by atoms with van der Waals surface area (Å²) in [6.45, 7) is 4.28. The van der Waals surface area contributed by atoms with Gasteiger partial charge in [-0.1, -0.05) is 30.3 Å². The molecule has 0 aromatic heterocycles. The second kappa shape index (κ2) is 13.8. The van der Waals surface area contributed by atoms with E-state index in [-0.39, 0.29) is 18.7 Å². The van der Waals surface area contributed by atoms with Crippen molar-refractivity contribution in [2.45, 2.75) is 30.1 Å². The average molecular weight is 576 g/mol. The minimum Gasteiger partial charge on any atom is -0.496 e. The Hall–Kier alpha value is -2.70. The second-order valence-electron chi connectivity index (χ2n) is 10.4. The lowest BCUT2D eigenvalue weighted by Crippen LogP contribution is -2.60. The van der Waals surface area contributed by atoms with Gasteiger partial charge in [-0.3, -0.25) is 9.69 Å². The SMILES string of the molecule is COc1cccc(OC)c1-c1ccc(C[C@H](NCC2(S(=O)(=O)CCN3CCOCC3)CCCNC2)C(=O)O)cc1. The van der Waals surface area contributed by atoms with Crippen LogP contribution in [0.5, 0.6) is 11.5 Å². The van der Waals surface area contributed by atoms with E-state index in [9.17, 15) is 18.3 Å². The number of benzene rings is 2. The zero-order valence-corrected chi connectivity index (χ0v) is 24.2. The topological polar surface area (TPSA) is 126 Å². The highest BCUT2D eigenvalue weighted by Gasteiger charge is 2.45. The fourth-order valence-electron chi connectivity index (χ4n) is 5.49. The fraction of sp³-hybridized carbons (Fsp3) is 0.552. The van der Waals surface area contributed by atoms with Gasteiger partial charge in [-0.25, -0.2) is 8.42 Å². The number of nitrogens with zero attached hydrogens (tertiary/aromatic N) is 1. The summed E-state index contributed by atoms with van der Waals surface area (Å²) in [6.07, 6.45) is 1.44. The molecular weight excluding hydrogens is 534 g/mol. The molecule has 0 aliphatic carbocycles. The third-order valence-corrected chi connectivity index (χ3v) is 10.5. The lowest BCUT2D eigenvalue weighted by Gasteiger charge is -2.38. The van der Waals surface area contributed by atoms with Crippen LogP contribution in [0, 0.1) is 0 Å². The van der Waals surface area contributed by atoms with Gasteiger partial charge in [-0.2, -0.15) is 0 Å². The lowest BCUT2D eigenvalue weighted by molar-refractivity contribution is -0.139. The first-order valence-corrected chi connectivity index (χ1v) is 15.4. The van der Waals surface area contributed by atoms with Crippen molar-refractivity contribution in [3.8, 4) is 22.6 Å². The molecule has 2 aliphatic heterocycles. The van der Waals surface area contributed by atoms with Crippen molar-refractivity contribution >= 4 is 15.8 Å². The van der Waals surface area contributed by atoms with E-state index in [0.717, 1.165) is 42.7 Å². The van der Waals surface area contributed by atoms with E-state index in [4.69, 9.17) is 14.2 Å². The number of carboxylic acids is 1. The van der Waals surface area contributed by atoms with Crippen LogP contribution in [-0.2, 0) is 25.8 Å². The summed E-state index contributed by atoms with van der Waals surface area (Å²) < 4.78 is 42.7. The van der Waals surface area contributed by atoms with E-state index in [2.05, 4.69) is 15.5 Å². The van der Waals surface area contributed by atoms with Gasteiger partial charge in [0.2, 0.25) is 0 Å². The number of sulfone groups is 1. The molecule has 2 fully saturated rings. The standard InChI is InChI=1S/C29H41N3O7S/c1-37-25-5-3-6-26(38-2)27(25)23-9-7-22(8-10-23)19-24(28(33)34)31-21-29(11-4-12-30-20-29)40(35,36)18-15-32-13-16-39-17-14-32/h3,5-10,24,30-31H,4,11-21H2,1-2H3,(H,33,34)/t24-,29?/m0/s1. The number of carbonyl (C=O) groups is 1. The molecule has 10 nitrogen and oxygen atoms in total. The molecule has 4 rings (SSSR count). The molecule has 2 aromatic carbocycles. The summed E-state index contributed by atoms with van der Waals surface area (Å²) >= 11 is 0. The largest absolute Gasteiger partial charge is 0.496 e. The molecule has 2 saturated heterocycles. The summed E-state index contributed by atoms with van der Waals surface area (Å²) in [6, 6.07) is 12.2. The van der Waals surface area contributed by atoms with Crippen molar-refractivity contribution in [3.05, 3.63) is 48.0 Å². The van der Waals surface area contributed by atoms with Crippen LogP contribution in [0.2, 0.25) is 0 Å². The van der Waals surface area contributed by atoms with Crippen molar-refractivity contribution in [3.63, 3.8) is 0 Å². The smallest absolute Gasteiger partial charge is 0.321 e. The van der Waals surface area contributed by atoms with Gasteiger partial charge in [0.05, 0.1) is 43.5 Å². The van der Waals surface area contributed by atoms with Crippen molar-refractivity contribution in [2.24, 2.45) is 0 Å². The normalized spacial score (nSPS) is 21.1. The zero-order valence-electron chi connectivity index (χ0n) is 23.4. The van der Waals surface area contributed by atoms with E-state index in [1.54, 1.807) is 14.2 Å². The first-order chi connectivity index (χ1) is 19.3. The van der Waals surface area contributed by atoms with E-state index in [1.807, 2.05) is 42.5 Å². The molecule has 0 spiro atoms. The lowest BCUT2D eigenvalue weighted by atomic mass is 9.96. The molecule has 2 aromatic rings. The Kier molecular flexibility index (Phi) is 10.4. The Balaban J connectivity index is 1.46. The molecule has 2 aliphatic rings. The van der Waals surface area contributed by atoms with E-state index >= 15 is 0 Å². The highest BCUT2D eigenvalue weighted by Crippen LogP contribution is 2.38. The Morgan fingerprint density at radius 2 is 1.80 bits per heavy atom. The minimum atomic E-state index is -3.51. The van der Waals surface area contributed by atoms with E-state index in [0.29, 0.717) is 44.2 Å². The number of carboxylic acid groups (broad SMARTS) is 1. The predicted octanol–water partition coefficient (Wildman–Crippen LogP) is 1.83. The van der Waals surface area contributed by atoms with Gasteiger partial charge in [0.1, 0.15) is 17.5 Å². The van der Waals surface area contributed by atoms with Crippen LogP contribution in [-0.4, -0.2) is 108 Å². The van der Waals surface area contributed by atoms with Crippen molar-refractivity contribution in [2.75, 3.05) is 72.5 Å². The van der Waals surface area contributed by atoms with Gasteiger partial charge in [0, 0.05) is 32.7 Å².